The van der Waals surface area contributed by atoms with Crippen LogP contribution < -0.4 is 10.5 Å². The molecule has 0 bridgehead atoms. The lowest BCUT2D eigenvalue weighted by Crippen LogP contribution is -2.22. The molecule has 0 saturated carbocycles. The maximum absolute atomic E-state index is 13.0. The monoisotopic (exact) mass is 418 g/mol. The molecule has 0 aliphatic heterocycles. The molecular formula is C23H19ClN4O2. The van der Waals surface area contributed by atoms with Gasteiger partial charge in [-0.3, -0.25) is 4.79 Å². The van der Waals surface area contributed by atoms with Crippen molar-refractivity contribution in [2.45, 2.75) is 18.8 Å². The molecule has 1 aliphatic carbocycles. The first kappa shape index (κ1) is 18.6. The molecule has 1 atom stereocenters. The number of carbonyl (C=O) groups excluding carboxylic acids is 1. The number of ether oxygens (including phenoxy) is 1. The van der Waals surface area contributed by atoms with E-state index in [9.17, 15) is 4.79 Å². The van der Waals surface area contributed by atoms with Crippen molar-refractivity contribution in [3.8, 4) is 11.4 Å². The number of ketones is 1. The SMILES string of the molecule is COc1ccc(-n2ncc3c(N)c4c(nc32)CC(c2ccc(Cl)cc2)CC4=O)cc1. The fourth-order valence-electron chi connectivity index (χ4n) is 4.09. The summed E-state index contributed by atoms with van der Waals surface area (Å²) in [5.41, 5.74) is 10.7. The van der Waals surface area contributed by atoms with Gasteiger partial charge < -0.3 is 10.5 Å². The highest BCUT2D eigenvalue weighted by Gasteiger charge is 2.31. The third-order valence-electron chi connectivity index (χ3n) is 5.64. The van der Waals surface area contributed by atoms with Gasteiger partial charge in [0.15, 0.2) is 11.4 Å². The number of rotatable bonds is 3. The Morgan fingerprint density at radius 2 is 1.83 bits per heavy atom. The van der Waals surface area contributed by atoms with Crippen LogP contribution in [0.5, 0.6) is 5.75 Å². The summed E-state index contributed by atoms with van der Waals surface area (Å²) in [7, 11) is 1.63. The largest absolute Gasteiger partial charge is 0.497 e. The second-order valence-electron chi connectivity index (χ2n) is 7.42. The quantitative estimate of drug-likeness (QED) is 0.526. The van der Waals surface area contributed by atoms with Crippen molar-refractivity contribution in [2.24, 2.45) is 0 Å². The number of hydrogen-bond acceptors (Lipinski definition) is 5. The number of methoxy groups -OCH3 is 1. The van der Waals surface area contributed by atoms with Crippen LogP contribution in [0.4, 0.5) is 5.69 Å². The van der Waals surface area contributed by atoms with Crippen LogP contribution >= 0.6 is 11.6 Å². The van der Waals surface area contributed by atoms with Crippen molar-refractivity contribution >= 4 is 34.1 Å². The minimum Gasteiger partial charge on any atom is -0.497 e. The van der Waals surface area contributed by atoms with E-state index in [0.717, 1.165) is 17.0 Å². The van der Waals surface area contributed by atoms with Gasteiger partial charge in [-0.15, -0.1) is 0 Å². The zero-order chi connectivity index (χ0) is 20.8. The average Bonchev–Trinajstić information content (AvgIpc) is 3.18. The molecule has 2 N–H and O–H groups in total. The van der Waals surface area contributed by atoms with E-state index in [1.807, 2.05) is 48.5 Å². The molecule has 2 aromatic carbocycles. The van der Waals surface area contributed by atoms with E-state index >= 15 is 0 Å². The third kappa shape index (κ3) is 3.00. The predicted octanol–water partition coefficient (Wildman–Crippen LogP) is 4.58. The van der Waals surface area contributed by atoms with Crippen LogP contribution in [0.3, 0.4) is 0 Å². The number of aromatic nitrogens is 3. The molecule has 1 aliphatic rings. The summed E-state index contributed by atoms with van der Waals surface area (Å²) in [6.07, 6.45) is 2.70. The zero-order valence-corrected chi connectivity index (χ0v) is 17.1. The van der Waals surface area contributed by atoms with E-state index in [-0.39, 0.29) is 11.7 Å². The van der Waals surface area contributed by atoms with E-state index in [1.165, 1.54) is 0 Å². The molecule has 4 aromatic rings. The first-order valence-electron chi connectivity index (χ1n) is 9.64. The van der Waals surface area contributed by atoms with E-state index < -0.39 is 0 Å². The second kappa shape index (κ2) is 7.15. The molecule has 7 heteroatoms. The van der Waals surface area contributed by atoms with Gasteiger partial charge in [0.25, 0.3) is 0 Å². The Hall–Kier alpha value is -3.38. The van der Waals surface area contributed by atoms with Gasteiger partial charge >= 0.3 is 0 Å². The summed E-state index contributed by atoms with van der Waals surface area (Å²) in [6.45, 7) is 0. The highest BCUT2D eigenvalue weighted by atomic mass is 35.5. The second-order valence-corrected chi connectivity index (χ2v) is 7.86. The van der Waals surface area contributed by atoms with Gasteiger partial charge in [-0.2, -0.15) is 5.10 Å². The number of benzene rings is 2. The minimum atomic E-state index is 0.0142. The lowest BCUT2D eigenvalue weighted by Gasteiger charge is -2.24. The van der Waals surface area contributed by atoms with Crippen LogP contribution in [0.25, 0.3) is 16.7 Å². The Balaban J connectivity index is 1.61. The Bertz CT molecular complexity index is 1260. The summed E-state index contributed by atoms with van der Waals surface area (Å²) in [5.74, 6) is 0.820. The van der Waals surface area contributed by atoms with Crippen LogP contribution in [0, 0.1) is 0 Å². The van der Waals surface area contributed by atoms with Gasteiger partial charge in [-0.1, -0.05) is 23.7 Å². The highest BCUT2D eigenvalue weighted by molar-refractivity contribution is 6.30. The molecule has 30 heavy (non-hydrogen) atoms. The summed E-state index contributed by atoms with van der Waals surface area (Å²) < 4.78 is 6.97. The number of pyridine rings is 1. The normalized spacial score (nSPS) is 15.9. The topological polar surface area (TPSA) is 83.0 Å². The number of hydrogen-bond donors (Lipinski definition) is 1. The molecular weight excluding hydrogens is 400 g/mol. The third-order valence-corrected chi connectivity index (χ3v) is 5.89. The van der Waals surface area contributed by atoms with Crippen LogP contribution in [0.2, 0.25) is 5.02 Å². The molecule has 0 amide bonds. The maximum Gasteiger partial charge on any atom is 0.167 e. The number of fused-ring (bicyclic) bond motifs is 2. The number of nitrogens with zero attached hydrogens (tertiary/aromatic N) is 3. The van der Waals surface area contributed by atoms with Crippen molar-refractivity contribution in [2.75, 3.05) is 12.8 Å². The minimum absolute atomic E-state index is 0.0142. The van der Waals surface area contributed by atoms with E-state index in [0.29, 0.717) is 45.8 Å². The predicted molar refractivity (Wildman–Crippen MR) is 117 cm³/mol. The average molecular weight is 419 g/mol. The molecule has 0 radical (unpaired) electrons. The van der Waals surface area contributed by atoms with Crippen LogP contribution in [-0.4, -0.2) is 27.7 Å². The number of Topliss-reactive ketones (excluding diaryl/α,β-unsaturated/α-hetero) is 1. The molecule has 150 valence electrons. The summed E-state index contributed by atoms with van der Waals surface area (Å²) in [4.78, 5) is 17.8. The van der Waals surface area contributed by atoms with E-state index in [1.54, 1.807) is 18.0 Å². The summed E-state index contributed by atoms with van der Waals surface area (Å²) in [5, 5.41) is 5.83. The molecule has 2 heterocycles. The van der Waals surface area contributed by atoms with Crippen molar-refractivity contribution in [1.82, 2.24) is 14.8 Å². The Morgan fingerprint density at radius 1 is 1.10 bits per heavy atom. The molecule has 1 unspecified atom stereocenters. The number of anilines is 1. The maximum atomic E-state index is 13.0. The van der Waals surface area contributed by atoms with Gasteiger partial charge in [0.1, 0.15) is 5.75 Å². The van der Waals surface area contributed by atoms with Crippen molar-refractivity contribution < 1.29 is 9.53 Å². The molecule has 5 rings (SSSR count). The van der Waals surface area contributed by atoms with Gasteiger partial charge in [0, 0.05) is 11.4 Å². The van der Waals surface area contributed by atoms with E-state index in [4.69, 9.17) is 27.1 Å². The molecule has 6 nitrogen and oxygen atoms in total. The van der Waals surface area contributed by atoms with Gasteiger partial charge in [0.2, 0.25) is 0 Å². The smallest absolute Gasteiger partial charge is 0.167 e. The molecule has 0 spiro atoms. The number of nitrogen functional groups attached to an aromatic ring is 1. The molecule has 2 aromatic heterocycles. The fraction of sp³-hybridized carbons (Fsp3) is 0.174. The lowest BCUT2D eigenvalue weighted by atomic mass is 9.81. The molecule has 0 fully saturated rings. The number of carbonyl (C=O) groups is 1. The van der Waals surface area contributed by atoms with Crippen LogP contribution in [0.15, 0.2) is 54.7 Å². The summed E-state index contributed by atoms with van der Waals surface area (Å²) >= 11 is 6.02. The van der Waals surface area contributed by atoms with Crippen LogP contribution in [-0.2, 0) is 6.42 Å². The highest BCUT2D eigenvalue weighted by Crippen LogP contribution is 2.37. The molecule has 0 saturated heterocycles. The van der Waals surface area contributed by atoms with Gasteiger partial charge in [-0.25, -0.2) is 9.67 Å². The van der Waals surface area contributed by atoms with Gasteiger partial charge in [0.05, 0.1) is 41.3 Å². The standard InChI is InChI=1S/C23H19ClN4O2/c1-30-17-8-6-16(7-9-17)28-23-18(12-26-28)22(25)21-19(27-23)10-14(11-20(21)29)13-2-4-15(24)5-3-13/h2-9,12,14H,10-11H2,1H3,(H2,25,27). The zero-order valence-electron chi connectivity index (χ0n) is 16.3. The Kier molecular flexibility index (Phi) is 4.44. The fourth-order valence-corrected chi connectivity index (χ4v) is 4.21. The van der Waals surface area contributed by atoms with Crippen molar-refractivity contribution in [1.29, 1.82) is 0 Å². The number of halogens is 1. The summed E-state index contributed by atoms with van der Waals surface area (Å²) in [6, 6.07) is 15.2. The Morgan fingerprint density at radius 3 is 2.53 bits per heavy atom. The first-order chi connectivity index (χ1) is 14.5. The van der Waals surface area contributed by atoms with Crippen LogP contribution in [0.1, 0.15) is 34.0 Å². The first-order valence-corrected chi connectivity index (χ1v) is 10.0. The van der Waals surface area contributed by atoms with Crippen molar-refractivity contribution in [3.05, 3.63) is 76.6 Å². The van der Waals surface area contributed by atoms with E-state index in [2.05, 4.69) is 5.10 Å². The van der Waals surface area contributed by atoms with Crippen molar-refractivity contribution in [3.63, 3.8) is 0 Å². The number of nitrogens with two attached hydrogens (primary N) is 1. The van der Waals surface area contributed by atoms with Gasteiger partial charge in [-0.05, 0) is 54.3 Å². The Labute approximate surface area is 178 Å². The lowest BCUT2D eigenvalue weighted by molar-refractivity contribution is 0.0964.